The molecule has 1 atom stereocenters. The number of nitrogens with two attached hydrogens (primary N) is 1. The van der Waals surface area contributed by atoms with Gasteiger partial charge in [0.2, 0.25) is 5.91 Å². The molecule has 1 rings (SSSR count). The lowest BCUT2D eigenvalue weighted by molar-refractivity contribution is -0.118. The standard InChI is InChI=1S/C11H23N3O4S/c1-10-5-3-4-6-14(10)19(16,17)13(7-8-18-2)9-11(12)15/h10H,3-9H2,1-2H3,(H2,12,15)/t10-/m0/s1. The molecule has 1 saturated heterocycles. The Morgan fingerprint density at radius 1 is 1.47 bits per heavy atom. The lowest BCUT2D eigenvalue weighted by Crippen LogP contribution is -2.52. The number of hydrogen-bond donors (Lipinski definition) is 1. The molecule has 0 spiro atoms. The highest BCUT2D eigenvalue weighted by molar-refractivity contribution is 7.86. The Morgan fingerprint density at radius 3 is 2.68 bits per heavy atom. The van der Waals surface area contributed by atoms with E-state index in [2.05, 4.69) is 0 Å². The van der Waals surface area contributed by atoms with Crippen LogP contribution in [-0.4, -0.2) is 62.3 Å². The molecule has 0 aromatic carbocycles. The van der Waals surface area contributed by atoms with Crippen LogP contribution in [0.15, 0.2) is 0 Å². The largest absolute Gasteiger partial charge is 0.383 e. The summed E-state index contributed by atoms with van der Waals surface area (Å²) in [6.07, 6.45) is 2.72. The molecule has 112 valence electrons. The third kappa shape index (κ3) is 4.41. The maximum Gasteiger partial charge on any atom is 0.282 e. The smallest absolute Gasteiger partial charge is 0.282 e. The van der Waals surface area contributed by atoms with Gasteiger partial charge in [-0.3, -0.25) is 4.79 Å². The molecule has 1 amide bonds. The number of carbonyl (C=O) groups is 1. The molecule has 0 saturated carbocycles. The van der Waals surface area contributed by atoms with Crippen molar-refractivity contribution in [3.8, 4) is 0 Å². The Hall–Kier alpha value is -0.700. The minimum Gasteiger partial charge on any atom is -0.383 e. The Morgan fingerprint density at radius 2 is 2.16 bits per heavy atom. The molecule has 8 heteroatoms. The summed E-state index contributed by atoms with van der Waals surface area (Å²) in [4.78, 5) is 11.0. The number of primary amides is 1. The lowest BCUT2D eigenvalue weighted by Gasteiger charge is -2.35. The fraction of sp³-hybridized carbons (Fsp3) is 0.909. The topological polar surface area (TPSA) is 92.9 Å². The highest BCUT2D eigenvalue weighted by Crippen LogP contribution is 2.22. The van der Waals surface area contributed by atoms with Gasteiger partial charge in [-0.2, -0.15) is 17.0 Å². The van der Waals surface area contributed by atoms with E-state index in [-0.39, 0.29) is 25.7 Å². The van der Waals surface area contributed by atoms with Crippen molar-refractivity contribution in [1.82, 2.24) is 8.61 Å². The van der Waals surface area contributed by atoms with Crippen molar-refractivity contribution in [3.63, 3.8) is 0 Å². The Bertz CT molecular complexity index is 399. The predicted octanol–water partition coefficient (Wildman–Crippen LogP) is -0.461. The molecule has 1 heterocycles. The van der Waals surface area contributed by atoms with E-state index >= 15 is 0 Å². The van der Waals surface area contributed by atoms with Crippen molar-refractivity contribution in [2.24, 2.45) is 5.73 Å². The number of carbonyl (C=O) groups excluding carboxylic acids is 1. The van der Waals surface area contributed by atoms with Gasteiger partial charge in [-0.25, -0.2) is 0 Å². The van der Waals surface area contributed by atoms with Gasteiger partial charge in [0.25, 0.3) is 10.2 Å². The van der Waals surface area contributed by atoms with Gasteiger partial charge in [0, 0.05) is 26.2 Å². The fourth-order valence-electron chi connectivity index (χ4n) is 2.21. The monoisotopic (exact) mass is 293 g/mol. The molecular formula is C11H23N3O4S. The minimum absolute atomic E-state index is 0.0447. The van der Waals surface area contributed by atoms with E-state index in [4.69, 9.17) is 10.5 Å². The second kappa shape index (κ2) is 7.18. The van der Waals surface area contributed by atoms with Crippen molar-refractivity contribution in [2.75, 3.05) is 33.4 Å². The van der Waals surface area contributed by atoms with Gasteiger partial charge < -0.3 is 10.5 Å². The zero-order chi connectivity index (χ0) is 14.5. The molecule has 1 aliphatic rings. The van der Waals surface area contributed by atoms with Crippen LogP contribution in [0, 0.1) is 0 Å². The van der Waals surface area contributed by atoms with E-state index in [0.29, 0.717) is 6.54 Å². The third-order valence-electron chi connectivity index (χ3n) is 3.24. The average molecular weight is 293 g/mol. The van der Waals surface area contributed by atoms with Crippen LogP contribution in [0.3, 0.4) is 0 Å². The van der Waals surface area contributed by atoms with Crippen LogP contribution in [0.1, 0.15) is 26.2 Å². The summed E-state index contributed by atoms with van der Waals surface area (Å²) in [7, 11) is -2.17. The number of rotatable bonds is 7. The van der Waals surface area contributed by atoms with Crippen LogP contribution in [0.25, 0.3) is 0 Å². The zero-order valence-corrected chi connectivity index (χ0v) is 12.4. The average Bonchev–Trinajstić information content (AvgIpc) is 2.34. The molecule has 0 aromatic rings. The Balaban J connectivity index is 2.86. The first-order chi connectivity index (χ1) is 8.89. The molecule has 7 nitrogen and oxygen atoms in total. The number of piperidine rings is 1. The van der Waals surface area contributed by atoms with E-state index in [1.165, 1.54) is 11.4 Å². The van der Waals surface area contributed by atoms with Gasteiger partial charge in [0.15, 0.2) is 0 Å². The number of amides is 1. The van der Waals surface area contributed by atoms with Gasteiger partial charge in [-0.15, -0.1) is 0 Å². The van der Waals surface area contributed by atoms with Crippen LogP contribution in [0.4, 0.5) is 0 Å². The van der Waals surface area contributed by atoms with Gasteiger partial charge >= 0.3 is 0 Å². The Kier molecular flexibility index (Phi) is 6.18. The maximum absolute atomic E-state index is 12.5. The SMILES string of the molecule is COCCN(CC(N)=O)S(=O)(=O)N1CCCC[C@@H]1C. The molecule has 0 bridgehead atoms. The van der Waals surface area contributed by atoms with Crippen molar-refractivity contribution < 1.29 is 17.9 Å². The van der Waals surface area contributed by atoms with E-state index in [9.17, 15) is 13.2 Å². The van der Waals surface area contributed by atoms with Crippen LogP contribution in [-0.2, 0) is 19.7 Å². The second-order valence-electron chi connectivity index (χ2n) is 4.76. The van der Waals surface area contributed by atoms with Crippen LogP contribution in [0.2, 0.25) is 0 Å². The van der Waals surface area contributed by atoms with E-state index in [0.717, 1.165) is 23.6 Å². The summed E-state index contributed by atoms with van der Waals surface area (Å²) >= 11 is 0. The first-order valence-corrected chi connectivity index (χ1v) is 7.83. The molecule has 0 radical (unpaired) electrons. The molecule has 19 heavy (non-hydrogen) atoms. The summed E-state index contributed by atoms with van der Waals surface area (Å²) in [5.41, 5.74) is 5.12. The molecule has 1 aliphatic heterocycles. The van der Waals surface area contributed by atoms with Crippen molar-refractivity contribution in [1.29, 1.82) is 0 Å². The molecule has 0 unspecified atom stereocenters. The highest BCUT2D eigenvalue weighted by Gasteiger charge is 2.34. The molecule has 2 N–H and O–H groups in total. The lowest BCUT2D eigenvalue weighted by atomic mass is 10.1. The van der Waals surface area contributed by atoms with Gasteiger partial charge in [-0.05, 0) is 19.8 Å². The first kappa shape index (κ1) is 16.4. The number of ether oxygens (including phenoxy) is 1. The summed E-state index contributed by atoms with van der Waals surface area (Å²) in [6.45, 7) is 2.43. The molecule has 0 aromatic heterocycles. The summed E-state index contributed by atoms with van der Waals surface area (Å²) in [6, 6.07) is -0.0447. The highest BCUT2D eigenvalue weighted by atomic mass is 32.2. The molecule has 1 fully saturated rings. The Labute approximate surface area is 114 Å². The van der Waals surface area contributed by atoms with Gasteiger partial charge in [0.05, 0.1) is 13.2 Å². The summed E-state index contributed by atoms with van der Waals surface area (Å²) in [5.74, 6) is -0.663. The van der Waals surface area contributed by atoms with E-state index in [1.807, 2.05) is 6.92 Å². The third-order valence-corrected chi connectivity index (χ3v) is 5.34. The number of nitrogens with zero attached hydrogens (tertiary/aromatic N) is 2. The van der Waals surface area contributed by atoms with Gasteiger partial charge in [-0.1, -0.05) is 6.42 Å². The minimum atomic E-state index is -3.65. The number of methoxy groups -OCH3 is 1. The second-order valence-corrected chi connectivity index (χ2v) is 6.64. The maximum atomic E-state index is 12.5. The zero-order valence-electron chi connectivity index (χ0n) is 11.5. The summed E-state index contributed by atoms with van der Waals surface area (Å²) < 4.78 is 32.5. The predicted molar refractivity (Wildman–Crippen MR) is 71.6 cm³/mol. The van der Waals surface area contributed by atoms with E-state index in [1.54, 1.807) is 0 Å². The quantitative estimate of drug-likeness (QED) is 0.687. The fourth-order valence-corrected chi connectivity index (χ4v) is 4.02. The van der Waals surface area contributed by atoms with Crippen LogP contribution in [0.5, 0.6) is 0 Å². The normalized spacial score (nSPS) is 21.7. The number of hydrogen-bond acceptors (Lipinski definition) is 4. The van der Waals surface area contributed by atoms with E-state index < -0.39 is 16.1 Å². The van der Waals surface area contributed by atoms with Crippen LogP contribution < -0.4 is 5.73 Å². The van der Waals surface area contributed by atoms with Crippen molar-refractivity contribution >= 4 is 16.1 Å². The van der Waals surface area contributed by atoms with Crippen molar-refractivity contribution in [2.45, 2.75) is 32.2 Å². The summed E-state index contributed by atoms with van der Waals surface area (Å²) in [5, 5.41) is 0. The van der Waals surface area contributed by atoms with Crippen LogP contribution >= 0.6 is 0 Å². The van der Waals surface area contributed by atoms with Crippen molar-refractivity contribution in [3.05, 3.63) is 0 Å². The van der Waals surface area contributed by atoms with Gasteiger partial charge in [0.1, 0.15) is 0 Å². The first-order valence-electron chi connectivity index (χ1n) is 6.43. The molecular weight excluding hydrogens is 270 g/mol. The molecule has 0 aliphatic carbocycles.